The standard InChI is InChI=1S/C24H26N2O4S/c27-20-14-30-21-12-7-13-26(22(20)21)24(29)19(16-31-15-17-8-3-1-4-9-17)25-23(28)18-10-5-2-6-11-18/h1-6,8-11,19,21-22H,7,12-16H2,(H,25,28). The summed E-state index contributed by atoms with van der Waals surface area (Å²) in [4.78, 5) is 40.3. The molecule has 3 atom stereocenters. The number of rotatable bonds is 7. The molecular formula is C24H26N2O4S. The van der Waals surface area contributed by atoms with Crippen molar-refractivity contribution >= 4 is 29.4 Å². The van der Waals surface area contributed by atoms with Crippen LogP contribution in [0.3, 0.4) is 0 Å². The highest BCUT2D eigenvalue weighted by atomic mass is 32.2. The topological polar surface area (TPSA) is 75.7 Å². The fourth-order valence-electron chi connectivity index (χ4n) is 4.11. The Morgan fingerprint density at radius 2 is 1.81 bits per heavy atom. The van der Waals surface area contributed by atoms with Gasteiger partial charge < -0.3 is 15.0 Å². The number of benzene rings is 2. The lowest BCUT2D eigenvalue weighted by atomic mass is 9.97. The third-order valence-corrected chi connectivity index (χ3v) is 6.77. The molecule has 7 heteroatoms. The number of carbonyl (C=O) groups excluding carboxylic acids is 3. The van der Waals surface area contributed by atoms with E-state index in [0.717, 1.165) is 24.2 Å². The summed E-state index contributed by atoms with van der Waals surface area (Å²) in [7, 11) is 0. The lowest BCUT2D eigenvalue weighted by Gasteiger charge is -2.37. The van der Waals surface area contributed by atoms with Gasteiger partial charge in [-0.3, -0.25) is 14.4 Å². The van der Waals surface area contributed by atoms with Gasteiger partial charge in [0.25, 0.3) is 5.91 Å². The van der Waals surface area contributed by atoms with Gasteiger partial charge in [-0.15, -0.1) is 0 Å². The van der Waals surface area contributed by atoms with Crippen molar-refractivity contribution in [1.82, 2.24) is 10.2 Å². The number of carbonyl (C=O) groups is 3. The van der Waals surface area contributed by atoms with Crippen LogP contribution in [0.25, 0.3) is 0 Å². The molecule has 2 saturated heterocycles. The van der Waals surface area contributed by atoms with Gasteiger partial charge in [-0.25, -0.2) is 0 Å². The number of nitrogens with one attached hydrogen (secondary N) is 1. The number of ether oxygens (including phenoxy) is 1. The Labute approximate surface area is 186 Å². The fourth-order valence-corrected chi connectivity index (χ4v) is 5.12. The number of nitrogens with zero attached hydrogens (tertiary/aromatic N) is 1. The maximum absolute atomic E-state index is 13.5. The van der Waals surface area contributed by atoms with Gasteiger partial charge in [-0.2, -0.15) is 11.8 Å². The Bertz CT molecular complexity index is 922. The van der Waals surface area contributed by atoms with Crippen LogP contribution in [0.2, 0.25) is 0 Å². The molecule has 1 N–H and O–H groups in total. The Balaban J connectivity index is 1.48. The molecule has 2 heterocycles. The first-order chi connectivity index (χ1) is 15.1. The molecule has 31 heavy (non-hydrogen) atoms. The molecule has 2 aromatic rings. The molecule has 0 aliphatic carbocycles. The quantitative estimate of drug-likeness (QED) is 0.719. The number of amides is 2. The summed E-state index contributed by atoms with van der Waals surface area (Å²) in [5, 5.41) is 2.91. The highest BCUT2D eigenvalue weighted by Gasteiger charge is 2.45. The molecule has 6 nitrogen and oxygen atoms in total. The van der Waals surface area contributed by atoms with Crippen molar-refractivity contribution in [3.05, 3.63) is 71.8 Å². The second-order valence-corrected chi connectivity index (χ2v) is 8.86. The first kappa shape index (κ1) is 21.6. The van der Waals surface area contributed by atoms with Gasteiger partial charge >= 0.3 is 0 Å². The monoisotopic (exact) mass is 438 g/mol. The highest BCUT2D eigenvalue weighted by molar-refractivity contribution is 7.98. The molecule has 2 aromatic carbocycles. The minimum atomic E-state index is -0.714. The van der Waals surface area contributed by atoms with Gasteiger partial charge in [0.05, 0.1) is 6.10 Å². The molecule has 2 aliphatic rings. The highest BCUT2D eigenvalue weighted by Crippen LogP contribution is 2.27. The third kappa shape index (κ3) is 5.17. The second kappa shape index (κ2) is 10.1. The van der Waals surface area contributed by atoms with Crippen LogP contribution in [0.15, 0.2) is 60.7 Å². The zero-order chi connectivity index (χ0) is 21.6. The smallest absolute Gasteiger partial charge is 0.251 e. The summed E-state index contributed by atoms with van der Waals surface area (Å²) in [6, 6.07) is 17.6. The van der Waals surface area contributed by atoms with Crippen LogP contribution in [0.1, 0.15) is 28.8 Å². The predicted octanol–water partition coefficient (Wildman–Crippen LogP) is 2.68. The zero-order valence-electron chi connectivity index (χ0n) is 17.2. The first-order valence-corrected chi connectivity index (χ1v) is 11.7. The number of ketones is 1. The summed E-state index contributed by atoms with van der Waals surface area (Å²) in [6.45, 7) is 0.569. The van der Waals surface area contributed by atoms with Crippen LogP contribution < -0.4 is 5.32 Å². The lowest BCUT2D eigenvalue weighted by molar-refractivity contribution is -0.141. The molecule has 0 bridgehead atoms. The van der Waals surface area contributed by atoms with Gasteiger partial charge in [0.2, 0.25) is 5.91 Å². The van der Waals surface area contributed by atoms with Crippen molar-refractivity contribution in [3.8, 4) is 0 Å². The molecule has 0 aromatic heterocycles. The van der Waals surface area contributed by atoms with Crippen LogP contribution >= 0.6 is 11.8 Å². The van der Waals surface area contributed by atoms with Gasteiger partial charge in [-0.1, -0.05) is 48.5 Å². The number of fused-ring (bicyclic) bond motifs is 1. The van der Waals surface area contributed by atoms with Crippen molar-refractivity contribution in [3.63, 3.8) is 0 Å². The summed E-state index contributed by atoms with van der Waals surface area (Å²) in [5.74, 6) is 0.609. The first-order valence-electron chi connectivity index (χ1n) is 10.6. The molecular weight excluding hydrogens is 412 g/mol. The van der Waals surface area contributed by atoms with E-state index in [4.69, 9.17) is 4.74 Å². The Morgan fingerprint density at radius 3 is 2.55 bits per heavy atom. The van der Waals surface area contributed by atoms with E-state index in [0.29, 0.717) is 17.9 Å². The molecule has 0 spiro atoms. The third-order valence-electron chi connectivity index (χ3n) is 5.66. The number of hydrogen-bond donors (Lipinski definition) is 1. The number of thioether (sulfide) groups is 1. The van der Waals surface area contributed by atoms with E-state index in [1.807, 2.05) is 36.4 Å². The molecule has 4 rings (SSSR count). The molecule has 162 valence electrons. The number of hydrogen-bond acceptors (Lipinski definition) is 5. The lowest BCUT2D eigenvalue weighted by Crippen LogP contribution is -2.58. The van der Waals surface area contributed by atoms with Crippen LogP contribution in [0.5, 0.6) is 0 Å². The minimum Gasteiger partial charge on any atom is -0.368 e. The molecule has 2 aliphatic heterocycles. The van der Waals surface area contributed by atoms with Crippen LogP contribution in [-0.4, -0.2) is 59.6 Å². The van der Waals surface area contributed by atoms with E-state index in [-0.39, 0.29) is 30.3 Å². The van der Waals surface area contributed by atoms with Gasteiger partial charge in [0, 0.05) is 23.6 Å². The number of piperidine rings is 1. The summed E-state index contributed by atoms with van der Waals surface area (Å²) in [5.41, 5.74) is 1.66. The molecule has 3 unspecified atom stereocenters. The fraction of sp³-hybridized carbons (Fsp3) is 0.375. The minimum absolute atomic E-state index is 0.0527. The Hall–Kier alpha value is -2.64. The summed E-state index contributed by atoms with van der Waals surface area (Å²) in [6.07, 6.45) is 1.34. The van der Waals surface area contributed by atoms with Crippen LogP contribution in [-0.2, 0) is 20.1 Å². The largest absolute Gasteiger partial charge is 0.368 e. The summed E-state index contributed by atoms with van der Waals surface area (Å²) < 4.78 is 5.58. The summed E-state index contributed by atoms with van der Waals surface area (Å²) >= 11 is 1.59. The maximum atomic E-state index is 13.5. The predicted molar refractivity (Wildman–Crippen MR) is 120 cm³/mol. The molecule has 2 fully saturated rings. The van der Waals surface area contributed by atoms with Crippen molar-refractivity contribution in [2.75, 3.05) is 18.9 Å². The van der Waals surface area contributed by atoms with E-state index < -0.39 is 12.1 Å². The van der Waals surface area contributed by atoms with Crippen LogP contribution in [0, 0.1) is 0 Å². The number of Topliss-reactive ketones (excluding diaryl/α,β-unsaturated/α-hetero) is 1. The van der Waals surface area contributed by atoms with E-state index in [1.54, 1.807) is 40.9 Å². The average molecular weight is 439 g/mol. The van der Waals surface area contributed by atoms with E-state index in [2.05, 4.69) is 5.32 Å². The maximum Gasteiger partial charge on any atom is 0.251 e. The molecule has 2 amide bonds. The van der Waals surface area contributed by atoms with Gasteiger partial charge in [0.1, 0.15) is 18.7 Å². The molecule has 0 saturated carbocycles. The Kier molecular flexibility index (Phi) is 7.04. The normalized spacial score (nSPS) is 21.4. The van der Waals surface area contributed by atoms with Crippen molar-refractivity contribution in [2.24, 2.45) is 0 Å². The van der Waals surface area contributed by atoms with Gasteiger partial charge in [0.15, 0.2) is 5.78 Å². The number of likely N-dealkylation sites (tertiary alicyclic amines) is 1. The molecule has 0 radical (unpaired) electrons. The van der Waals surface area contributed by atoms with Crippen molar-refractivity contribution in [1.29, 1.82) is 0 Å². The van der Waals surface area contributed by atoms with Crippen molar-refractivity contribution < 1.29 is 19.1 Å². The van der Waals surface area contributed by atoms with E-state index in [1.165, 1.54) is 0 Å². The van der Waals surface area contributed by atoms with Gasteiger partial charge in [-0.05, 0) is 30.5 Å². The van der Waals surface area contributed by atoms with Crippen LogP contribution in [0.4, 0.5) is 0 Å². The van der Waals surface area contributed by atoms with Crippen molar-refractivity contribution in [2.45, 2.75) is 36.8 Å². The zero-order valence-corrected chi connectivity index (χ0v) is 18.1. The Morgan fingerprint density at radius 1 is 1.10 bits per heavy atom. The van der Waals surface area contributed by atoms with E-state index >= 15 is 0 Å². The second-order valence-electron chi connectivity index (χ2n) is 7.83. The average Bonchev–Trinajstić information content (AvgIpc) is 3.20. The van der Waals surface area contributed by atoms with E-state index in [9.17, 15) is 14.4 Å². The SMILES string of the molecule is O=C(NC(CSCc1ccccc1)C(=O)N1CCCC2OCC(=O)C21)c1ccccc1.